The molecule has 0 saturated carbocycles. The van der Waals surface area contributed by atoms with E-state index in [0.717, 1.165) is 4.47 Å². The zero-order chi connectivity index (χ0) is 17.1. The first-order valence-corrected chi connectivity index (χ1v) is 7.67. The summed E-state index contributed by atoms with van der Waals surface area (Å²) in [6.45, 7) is 2.68. The largest absolute Gasteiger partial charge is 0.450 e. The predicted molar refractivity (Wildman–Crippen MR) is 89.5 cm³/mol. The van der Waals surface area contributed by atoms with Crippen LogP contribution in [0, 0.1) is 11.3 Å². The average molecular weight is 381 g/mol. The average Bonchev–Trinajstić information content (AvgIpc) is 2.53. The molecular weight excluding hydrogens is 364 g/mol. The molecule has 0 fully saturated rings. The van der Waals surface area contributed by atoms with E-state index >= 15 is 0 Å². The standard InChI is InChI=1S/C15H17BrN4O3/c1-2-23-15(22)19-8-7-18-10-11(9-17)14(21)20-13-5-3-12(16)4-6-13/h3-6,10,18H,2,7-8H2,1H3,(H,19,22)(H,20,21)/b11-10-. The Bertz CT molecular complexity index is 608. The van der Waals surface area contributed by atoms with E-state index in [1.165, 1.54) is 6.20 Å². The van der Waals surface area contributed by atoms with Crippen LogP contribution in [-0.2, 0) is 9.53 Å². The third kappa shape index (κ3) is 7.33. The Kier molecular flexibility index (Phi) is 8.24. The van der Waals surface area contributed by atoms with Gasteiger partial charge in [0.2, 0.25) is 0 Å². The summed E-state index contributed by atoms with van der Waals surface area (Å²) in [7, 11) is 0. The zero-order valence-corrected chi connectivity index (χ0v) is 14.1. The number of amides is 2. The van der Waals surface area contributed by atoms with Gasteiger partial charge in [-0.15, -0.1) is 0 Å². The zero-order valence-electron chi connectivity index (χ0n) is 12.6. The van der Waals surface area contributed by atoms with E-state index in [0.29, 0.717) is 25.4 Å². The molecule has 1 aromatic carbocycles. The molecule has 0 saturated heterocycles. The molecule has 1 rings (SSSR count). The number of carbonyl (C=O) groups is 2. The summed E-state index contributed by atoms with van der Waals surface area (Å²) in [5.74, 6) is -0.513. The number of nitrogens with zero attached hydrogens (tertiary/aromatic N) is 1. The van der Waals surface area contributed by atoms with Crippen molar-refractivity contribution in [1.82, 2.24) is 10.6 Å². The minimum absolute atomic E-state index is 0.0657. The molecule has 23 heavy (non-hydrogen) atoms. The molecule has 0 heterocycles. The van der Waals surface area contributed by atoms with Gasteiger partial charge in [-0.3, -0.25) is 4.79 Å². The second-order valence-corrected chi connectivity index (χ2v) is 5.15. The Morgan fingerprint density at radius 1 is 1.30 bits per heavy atom. The molecular formula is C15H17BrN4O3. The molecule has 3 N–H and O–H groups in total. The Labute approximate surface area is 142 Å². The van der Waals surface area contributed by atoms with Crippen molar-refractivity contribution >= 4 is 33.6 Å². The van der Waals surface area contributed by atoms with Gasteiger partial charge in [-0.25, -0.2) is 4.79 Å². The summed E-state index contributed by atoms with van der Waals surface area (Å²) in [5, 5.41) is 16.9. The highest BCUT2D eigenvalue weighted by atomic mass is 79.9. The molecule has 0 aromatic heterocycles. The Balaban J connectivity index is 2.42. The van der Waals surface area contributed by atoms with E-state index in [1.54, 1.807) is 31.2 Å². The van der Waals surface area contributed by atoms with Crippen molar-refractivity contribution in [2.24, 2.45) is 0 Å². The highest BCUT2D eigenvalue weighted by molar-refractivity contribution is 9.10. The van der Waals surface area contributed by atoms with Crippen molar-refractivity contribution in [3.05, 3.63) is 40.5 Å². The molecule has 0 aliphatic carbocycles. The van der Waals surface area contributed by atoms with Crippen LogP contribution in [0.4, 0.5) is 10.5 Å². The maximum Gasteiger partial charge on any atom is 0.407 e. The fourth-order valence-corrected chi connectivity index (χ4v) is 1.74. The molecule has 0 unspecified atom stereocenters. The summed E-state index contributed by atoms with van der Waals surface area (Å²) in [6.07, 6.45) is 0.799. The van der Waals surface area contributed by atoms with Gasteiger partial charge in [0, 0.05) is 29.4 Å². The van der Waals surface area contributed by atoms with Crippen LogP contribution in [0.3, 0.4) is 0 Å². The van der Waals surface area contributed by atoms with Crippen LogP contribution in [0.25, 0.3) is 0 Å². The summed E-state index contributed by atoms with van der Waals surface area (Å²) in [6, 6.07) is 8.82. The first-order chi connectivity index (χ1) is 11.1. The molecule has 2 amide bonds. The second kappa shape index (κ2) is 10.2. The highest BCUT2D eigenvalue weighted by Gasteiger charge is 2.09. The normalized spacial score (nSPS) is 10.4. The maximum atomic E-state index is 11.9. The monoisotopic (exact) mass is 380 g/mol. The third-order valence-electron chi connectivity index (χ3n) is 2.53. The van der Waals surface area contributed by atoms with Crippen LogP contribution in [-0.4, -0.2) is 31.7 Å². The topological polar surface area (TPSA) is 103 Å². The van der Waals surface area contributed by atoms with Gasteiger partial charge in [0.05, 0.1) is 6.61 Å². The number of nitrogens with one attached hydrogen (secondary N) is 3. The number of ether oxygens (including phenoxy) is 1. The Morgan fingerprint density at radius 2 is 2.00 bits per heavy atom. The lowest BCUT2D eigenvalue weighted by molar-refractivity contribution is -0.112. The molecule has 0 bridgehead atoms. The molecule has 0 atom stereocenters. The van der Waals surface area contributed by atoms with Crippen molar-refractivity contribution < 1.29 is 14.3 Å². The molecule has 0 spiro atoms. The number of alkyl carbamates (subject to hydrolysis) is 1. The number of nitriles is 1. The van der Waals surface area contributed by atoms with Crippen LogP contribution in [0.1, 0.15) is 6.92 Å². The third-order valence-corrected chi connectivity index (χ3v) is 3.06. The number of halogens is 1. The fourth-order valence-electron chi connectivity index (χ4n) is 1.47. The van der Waals surface area contributed by atoms with Gasteiger partial charge in [0.1, 0.15) is 11.6 Å². The number of anilines is 1. The highest BCUT2D eigenvalue weighted by Crippen LogP contribution is 2.14. The van der Waals surface area contributed by atoms with Crippen LogP contribution in [0.2, 0.25) is 0 Å². The van der Waals surface area contributed by atoms with Crippen LogP contribution in [0.15, 0.2) is 40.5 Å². The van der Waals surface area contributed by atoms with Crippen molar-refractivity contribution in [3.8, 4) is 6.07 Å². The lowest BCUT2D eigenvalue weighted by Gasteiger charge is -2.06. The summed E-state index contributed by atoms with van der Waals surface area (Å²) in [5.41, 5.74) is 0.521. The van der Waals surface area contributed by atoms with Crippen molar-refractivity contribution in [2.75, 3.05) is 25.0 Å². The number of carbonyl (C=O) groups excluding carboxylic acids is 2. The lowest BCUT2D eigenvalue weighted by atomic mass is 10.2. The molecule has 0 aliphatic heterocycles. The first kappa shape index (κ1) is 18.5. The summed E-state index contributed by atoms with van der Waals surface area (Å²) in [4.78, 5) is 23.0. The van der Waals surface area contributed by atoms with Crippen LogP contribution in [0.5, 0.6) is 0 Å². The number of rotatable bonds is 7. The van der Waals surface area contributed by atoms with Crippen LogP contribution >= 0.6 is 15.9 Å². The van der Waals surface area contributed by atoms with E-state index in [4.69, 9.17) is 10.00 Å². The minimum Gasteiger partial charge on any atom is -0.450 e. The number of hydrogen-bond acceptors (Lipinski definition) is 5. The molecule has 1 aromatic rings. The smallest absolute Gasteiger partial charge is 0.407 e. The molecule has 122 valence electrons. The number of hydrogen-bond donors (Lipinski definition) is 3. The number of benzene rings is 1. The molecule has 0 aliphatic rings. The van der Waals surface area contributed by atoms with Crippen molar-refractivity contribution in [2.45, 2.75) is 6.92 Å². The van der Waals surface area contributed by atoms with Gasteiger partial charge in [-0.1, -0.05) is 15.9 Å². The summed E-state index contributed by atoms with van der Waals surface area (Å²) >= 11 is 3.30. The van der Waals surface area contributed by atoms with Gasteiger partial charge >= 0.3 is 6.09 Å². The van der Waals surface area contributed by atoms with Gasteiger partial charge < -0.3 is 20.7 Å². The van der Waals surface area contributed by atoms with E-state index in [2.05, 4.69) is 31.9 Å². The van der Waals surface area contributed by atoms with E-state index in [9.17, 15) is 9.59 Å². The van der Waals surface area contributed by atoms with Gasteiger partial charge in [0.15, 0.2) is 0 Å². The van der Waals surface area contributed by atoms with Crippen LogP contribution < -0.4 is 16.0 Å². The Morgan fingerprint density at radius 3 is 2.61 bits per heavy atom. The van der Waals surface area contributed by atoms with E-state index in [1.807, 2.05) is 6.07 Å². The van der Waals surface area contributed by atoms with E-state index in [-0.39, 0.29) is 5.57 Å². The minimum atomic E-state index is -0.513. The summed E-state index contributed by atoms with van der Waals surface area (Å²) < 4.78 is 5.58. The first-order valence-electron chi connectivity index (χ1n) is 6.88. The molecule has 8 heteroatoms. The maximum absolute atomic E-state index is 11.9. The second-order valence-electron chi connectivity index (χ2n) is 4.23. The molecule has 7 nitrogen and oxygen atoms in total. The van der Waals surface area contributed by atoms with Gasteiger partial charge in [0.25, 0.3) is 5.91 Å². The fraction of sp³-hybridized carbons (Fsp3) is 0.267. The predicted octanol–water partition coefficient (Wildman–Crippen LogP) is 2.13. The van der Waals surface area contributed by atoms with Crippen molar-refractivity contribution in [1.29, 1.82) is 5.26 Å². The van der Waals surface area contributed by atoms with Gasteiger partial charge in [-0.05, 0) is 31.2 Å². The SMILES string of the molecule is CCOC(=O)NCCN/C=C(/C#N)C(=O)Nc1ccc(Br)cc1. The van der Waals surface area contributed by atoms with Gasteiger partial charge in [-0.2, -0.15) is 5.26 Å². The quantitative estimate of drug-likeness (QED) is 0.382. The molecule has 0 radical (unpaired) electrons. The van der Waals surface area contributed by atoms with Crippen molar-refractivity contribution in [3.63, 3.8) is 0 Å². The van der Waals surface area contributed by atoms with E-state index < -0.39 is 12.0 Å². The lowest BCUT2D eigenvalue weighted by Crippen LogP contribution is -2.31. The Hall–Kier alpha value is -2.53.